The Balaban J connectivity index is 1.92. The third-order valence-corrected chi connectivity index (χ3v) is 5.83. The first-order valence-corrected chi connectivity index (χ1v) is 10.6. The summed E-state index contributed by atoms with van der Waals surface area (Å²) in [7, 11) is 0. The number of hydrogen-bond donors (Lipinski definition) is 1. The Morgan fingerprint density at radius 2 is 1.93 bits per heavy atom. The van der Waals surface area contributed by atoms with Gasteiger partial charge in [-0.05, 0) is 42.0 Å². The molecular formula is C25H30O5. The van der Waals surface area contributed by atoms with Crippen molar-refractivity contribution < 1.29 is 24.2 Å². The zero-order valence-electron chi connectivity index (χ0n) is 17.9. The van der Waals surface area contributed by atoms with Gasteiger partial charge in [0.25, 0.3) is 0 Å². The van der Waals surface area contributed by atoms with E-state index in [-0.39, 0.29) is 16.7 Å². The first-order chi connectivity index (χ1) is 14.3. The summed E-state index contributed by atoms with van der Waals surface area (Å²) in [6.45, 7) is 7.18. The van der Waals surface area contributed by atoms with E-state index in [1.54, 1.807) is 12.1 Å². The molecule has 0 amide bonds. The molecule has 1 unspecified atom stereocenters. The van der Waals surface area contributed by atoms with E-state index < -0.39 is 17.9 Å². The number of carbonyl (C=O) groups excluding carboxylic acids is 1. The van der Waals surface area contributed by atoms with Crippen LogP contribution >= 0.6 is 0 Å². The molecule has 0 saturated carbocycles. The van der Waals surface area contributed by atoms with Crippen molar-refractivity contribution in [2.45, 2.75) is 64.2 Å². The van der Waals surface area contributed by atoms with Crippen LogP contribution < -0.4 is 9.47 Å². The van der Waals surface area contributed by atoms with Gasteiger partial charge >= 0.3 is 11.9 Å². The first-order valence-electron chi connectivity index (χ1n) is 10.6. The minimum Gasteiger partial charge on any atom is -0.493 e. The van der Waals surface area contributed by atoms with Gasteiger partial charge in [0.1, 0.15) is 17.1 Å². The predicted octanol–water partition coefficient (Wildman–Crippen LogP) is 5.71. The lowest BCUT2D eigenvalue weighted by molar-refractivity contribution is -0.136. The van der Waals surface area contributed by atoms with Crippen molar-refractivity contribution in [3.8, 4) is 11.5 Å². The minimum absolute atomic E-state index is 0.0156. The van der Waals surface area contributed by atoms with Gasteiger partial charge in [0.15, 0.2) is 0 Å². The number of unbranched alkanes of at least 4 members (excludes halogenated alkanes) is 2. The summed E-state index contributed by atoms with van der Waals surface area (Å²) < 4.78 is 11.4. The Morgan fingerprint density at radius 3 is 2.67 bits per heavy atom. The number of rotatable bonds is 8. The normalized spacial score (nSPS) is 15.6. The van der Waals surface area contributed by atoms with Crippen molar-refractivity contribution in [2.75, 3.05) is 6.61 Å². The van der Waals surface area contributed by atoms with Crippen molar-refractivity contribution >= 4 is 11.9 Å². The molecule has 0 aromatic heterocycles. The molecule has 1 N–H and O–H groups in total. The zero-order chi connectivity index (χ0) is 21.7. The number of aromatic carboxylic acids is 1. The molecule has 160 valence electrons. The largest absolute Gasteiger partial charge is 0.493 e. The van der Waals surface area contributed by atoms with Crippen LogP contribution in [0.25, 0.3) is 0 Å². The summed E-state index contributed by atoms with van der Waals surface area (Å²) in [4.78, 5) is 24.6. The van der Waals surface area contributed by atoms with Gasteiger partial charge in [0.2, 0.25) is 0 Å². The molecule has 30 heavy (non-hydrogen) atoms. The van der Waals surface area contributed by atoms with Crippen LogP contribution in [0.5, 0.6) is 11.5 Å². The SMILES string of the molecule is CCCCCC(C(=O)Oc1ccccc1C(=O)O)c1ccc2c(c1)C(C)(C)CCO2. The van der Waals surface area contributed by atoms with E-state index in [2.05, 4.69) is 26.8 Å². The van der Waals surface area contributed by atoms with Crippen LogP contribution in [0.3, 0.4) is 0 Å². The maximum absolute atomic E-state index is 13.2. The van der Waals surface area contributed by atoms with Crippen LogP contribution in [0.15, 0.2) is 42.5 Å². The fourth-order valence-corrected chi connectivity index (χ4v) is 3.90. The second kappa shape index (κ2) is 9.33. The number of carbonyl (C=O) groups is 2. The quantitative estimate of drug-likeness (QED) is 0.343. The highest BCUT2D eigenvalue weighted by atomic mass is 16.5. The van der Waals surface area contributed by atoms with E-state index in [4.69, 9.17) is 9.47 Å². The molecule has 0 radical (unpaired) electrons. The monoisotopic (exact) mass is 410 g/mol. The van der Waals surface area contributed by atoms with Crippen molar-refractivity contribution in [1.29, 1.82) is 0 Å². The second-order valence-corrected chi connectivity index (χ2v) is 8.51. The molecule has 1 atom stereocenters. The Morgan fingerprint density at radius 1 is 1.17 bits per heavy atom. The van der Waals surface area contributed by atoms with Gasteiger partial charge in [0.05, 0.1) is 12.5 Å². The topological polar surface area (TPSA) is 72.8 Å². The molecule has 2 aromatic rings. The Hall–Kier alpha value is -2.82. The molecule has 0 spiro atoms. The van der Waals surface area contributed by atoms with Crippen molar-refractivity contribution in [1.82, 2.24) is 0 Å². The molecule has 5 heteroatoms. The number of ether oxygens (including phenoxy) is 2. The van der Waals surface area contributed by atoms with Gasteiger partial charge in [0, 0.05) is 5.56 Å². The van der Waals surface area contributed by atoms with E-state index in [0.29, 0.717) is 13.0 Å². The third kappa shape index (κ3) is 4.84. The smallest absolute Gasteiger partial charge is 0.339 e. The van der Waals surface area contributed by atoms with E-state index >= 15 is 0 Å². The molecule has 1 heterocycles. The molecule has 0 bridgehead atoms. The number of fused-ring (bicyclic) bond motifs is 1. The molecule has 2 aromatic carbocycles. The molecule has 0 saturated heterocycles. The lowest BCUT2D eigenvalue weighted by Crippen LogP contribution is -2.27. The van der Waals surface area contributed by atoms with Crippen molar-refractivity contribution in [2.24, 2.45) is 0 Å². The van der Waals surface area contributed by atoms with Crippen LogP contribution in [0.4, 0.5) is 0 Å². The molecule has 3 rings (SSSR count). The highest BCUT2D eigenvalue weighted by molar-refractivity contribution is 5.92. The molecule has 1 aliphatic heterocycles. The maximum atomic E-state index is 13.2. The fourth-order valence-electron chi connectivity index (χ4n) is 3.90. The van der Waals surface area contributed by atoms with Crippen LogP contribution in [0.2, 0.25) is 0 Å². The Bertz CT molecular complexity index is 916. The van der Waals surface area contributed by atoms with E-state index in [0.717, 1.165) is 42.6 Å². The average Bonchev–Trinajstić information content (AvgIpc) is 2.71. The van der Waals surface area contributed by atoms with Gasteiger partial charge < -0.3 is 14.6 Å². The number of hydrogen-bond acceptors (Lipinski definition) is 4. The fraction of sp³-hybridized carbons (Fsp3) is 0.440. The summed E-state index contributed by atoms with van der Waals surface area (Å²) in [6.07, 6.45) is 4.54. The zero-order valence-corrected chi connectivity index (χ0v) is 17.9. The lowest BCUT2D eigenvalue weighted by Gasteiger charge is -2.33. The number of esters is 1. The second-order valence-electron chi connectivity index (χ2n) is 8.51. The van der Waals surface area contributed by atoms with Crippen LogP contribution in [-0.4, -0.2) is 23.7 Å². The number of para-hydroxylation sites is 1. The Labute approximate surface area is 178 Å². The minimum atomic E-state index is -1.12. The van der Waals surface area contributed by atoms with Gasteiger partial charge in [-0.1, -0.05) is 64.3 Å². The average molecular weight is 411 g/mol. The van der Waals surface area contributed by atoms with Crippen LogP contribution in [0.1, 0.15) is 80.3 Å². The summed E-state index contributed by atoms with van der Waals surface area (Å²) in [5, 5.41) is 9.39. The van der Waals surface area contributed by atoms with E-state index in [1.807, 2.05) is 12.1 Å². The van der Waals surface area contributed by atoms with Gasteiger partial charge in [-0.3, -0.25) is 4.79 Å². The predicted molar refractivity (Wildman–Crippen MR) is 115 cm³/mol. The van der Waals surface area contributed by atoms with E-state index in [1.165, 1.54) is 12.1 Å². The standard InChI is InChI=1S/C25H30O5/c1-4-5-6-9-18(24(28)30-21-11-8-7-10-19(21)23(26)27)17-12-13-22-20(16-17)25(2,3)14-15-29-22/h7-8,10-13,16,18H,4-6,9,14-15H2,1-3H3,(H,26,27). The first kappa shape index (κ1) is 21.9. The highest BCUT2D eigenvalue weighted by Crippen LogP contribution is 2.40. The van der Waals surface area contributed by atoms with E-state index in [9.17, 15) is 14.7 Å². The number of carboxylic acids is 1. The number of carboxylic acid groups (broad SMARTS) is 1. The molecular weight excluding hydrogens is 380 g/mol. The van der Waals surface area contributed by atoms with Gasteiger partial charge in [-0.25, -0.2) is 4.79 Å². The van der Waals surface area contributed by atoms with Gasteiger partial charge in [-0.2, -0.15) is 0 Å². The summed E-state index contributed by atoms with van der Waals surface area (Å²) >= 11 is 0. The maximum Gasteiger partial charge on any atom is 0.339 e. The summed E-state index contributed by atoms with van der Waals surface area (Å²) in [6, 6.07) is 12.2. The van der Waals surface area contributed by atoms with Crippen LogP contribution in [0, 0.1) is 0 Å². The molecule has 0 fully saturated rings. The summed E-state index contributed by atoms with van der Waals surface area (Å²) in [5.41, 5.74) is 1.95. The lowest BCUT2D eigenvalue weighted by atomic mass is 9.78. The third-order valence-electron chi connectivity index (χ3n) is 5.83. The molecule has 5 nitrogen and oxygen atoms in total. The molecule has 0 aliphatic carbocycles. The van der Waals surface area contributed by atoms with Gasteiger partial charge in [-0.15, -0.1) is 0 Å². The Kier molecular flexibility index (Phi) is 6.80. The van der Waals surface area contributed by atoms with Crippen LogP contribution in [-0.2, 0) is 10.2 Å². The summed E-state index contributed by atoms with van der Waals surface area (Å²) in [5.74, 6) is -1.05. The molecule has 1 aliphatic rings. The van der Waals surface area contributed by atoms with Crippen molar-refractivity contribution in [3.05, 3.63) is 59.2 Å². The van der Waals surface area contributed by atoms with Crippen molar-refractivity contribution in [3.63, 3.8) is 0 Å². The highest BCUT2D eigenvalue weighted by Gasteiger charge is 2.31. The number of benzene rings is 2.